The minimum absolute atomic E-state index is 0.115. The third kappa shape index (κ3) is 5.51. The van der Waals surface area contributed by atoms with Crippen molar-refractivity contribution >= 4 is 23.4 Å². The van der Waals surface area contributed by atoms with Crippen molar-refractivity contribution in [3.63, 3.8) is 0 Å². The Hall–Kier alpha value is -3.00. The number of nitrogens with one attached hydrogen (secondary N) is 1. The molecule has 1 heterocycles. The number of methoxy groups -OCH3 is 1. The second-order valence-electron chi connectivity index (χ2n) is 6.58. The minimum Gasteiger partial charge on any atom is -0.497 e. The molecule has 0 saturated carbocycles. The van der Waals surface area contributed by atoms with Gasteiger partial charge in [-0.2, -0.15) is 0 Å². The molecular weight excluding hydrogens is 388 g/mol. The molecule has 0 aliphatic heterocycles. The van der Waals surface area contributed by atoms with E-state index in [0.717, 1.165) is 22.7 Å². The fourth-order valence-corrected chi connectivity index (χ4v) is 3.43. The van der Waals surface area contributed by atoms with Crippen molar-refractivity contribution in [2.24, 2.45) is 7.05 Å². The molecular formula is C21H24N4O3S. The lowest BCUT2D eigenvalue weighted by Crippen LogP contribution is -2.14. The van der Waals surface area contributed by atoms with Gasteiger partial charge in [0.05, 0.1) is 12.9 Å². The van der Waals surface area contributed by atoms with E-state index in [0.29, 0.717) is 17.6 Å². The van der Waals surface area contributed by atoms with E-state index in [4.69, 9.17) is 9.47 Å². The number of thioether (sulfide) groups is 1. The van der Waals surface area contributed by atoms with Crippen LogP contribution < -0.4 is 14.8 Å². The maximum absolute atomic E-state index is 12.2. The van der Waals surface area contributed by atoms with Crippen LogP contribution in [0.2, 0.25) is 0 Å². The smallest absolute Gasteiger partial charge is 0.234 e. The summed E-state index contributed by atoms with van der Waals surface area (Å²) in [6.45, 7) is 4.38. The van der Waals surface area contributed by atoms with Gasteiger partial charge in [-0.05, 0) is 49.7 Å². The van der Waals surface area contributed by atoms with Gasteiger partial charge in [0.2, 0.25) is 5.91 Å². The first-order valence-corrected chi connectivity index (χ1v) is 10.1. The SMILES string of the molecule is COc1ccc(NC(=O)CSc2nnc(COc3ccc(C)cc3C)n2C)cc1. The highest BCUT2D eigenvalue weighted by atomic mass is 32.2. The minimum atomic E-state index is -0.115. The van der Waals surface area contributed by atoms with Gasteiger partial charge in [0.1, 0.15) is 18.1 Å². The highest BCUT2D eigenvalue weighted by molar-refractivity contribution is 7.99. The van der Waals surface area contributed by atoms with E-state index in [9.17, 15) is 4.79 Å². The van der Waals surface area contributed by atoms with E-state index in [1.54, 1.807) is 31.4 Å². The highest BCUT2D eigenvalue weighted by Crippen LogP contribution is 2.21. The van der Waals surface area contributed by atoms with Gasteiger partial charge in [0, 0.05) is 12.7 Å². The number of amides is 1. The largest absolute Gasteiger partial charge is 0.497 e. The van der Waals surface area contributed by atoms with Crippen LogP contribution in [0.25, 0.3) is 0 Å². The Morgan fingerprint density at radius 2 is 1.90 bits per heavy atom. The third-order valence-electron chi connectivity index (χ3n) is 4.32. The van der Waals surface area contributed by atoms with Crippen molar-refractivity contribution in [1.82, 2.24) is 14.8 Å². The summed E-state index contributed by atoms with van der Waals surface area (Å²) in [6.07, 6.45) is 0. The van der Waals surface area contributed by atoms with Gasteiger partial charge < -0.3 is 19.4 Å². The van der Waals surface area contributed by atoms with Crippen LogP contribution in [0.4, 0.5) is 5.69 Å². The molecule has 8 heteroatoms. The Balaban J connectivity index is 1.52. The number of carbonyl (C=O) groups excluding carboxylic acids is 1. The topological polar surface area (TPSA) is 78.3 Å². The van der Waals surface area contributed by atoms with Crippen LogP contribution in [0.15, 0.2) is 47.6 Å². The maximum Gasteiger partial charge on any atom is 0.234 e. The standard InChI is InChI=1S/C21H24N4O3S/c1-14-5-10-18(15(2)11-14)28-12-19-23-24-21(25(19)3)29-13-20(26)22-16-6-8-17(27-4)9-7-16/h5-11H,12-13H2,1-4H3,(H,22,26). The molecule has 0 fully saturated rings. The summed E-state index contributed by atoms with van der Waals surface area (Å²) in [6, 6.07) is 13.2. The molecule has 0 bridgehead atoms. The molecule has 0 spiro atoms. The molecule has 0 radical (unpaired) electrons. The van der Waals surface area contributed by atoms with E-state index in [2.05, 4.69) is 21.6 Å². The zero-order valence-electron chi connectivity index (χ0n) is 16.9. The fourth-order valence-electron chi connectivity index (χ4n) is 2.70. The maximum atomic E-state index is 12.2. The summed E-state index contributed by atoms with van der Waals surface area (Å²) in [7, 11) is 3.47. The van der Waals surface area contributed by atoms with Crippen molar-refractivity contribution in [1.29, 1.82) is 0 Å². The van der Waals surface area contributed by atoms with Crippen molar-refractivity contribution in [3.8, 4) is 11.5 Å². The van der Waals surface area contributed by atoms with Crippen LogP contribution in [0.5, 0.6) is 11.5 Å². The fraction of sp³-hybridized carbons (Fsp3) is 0.286. The molecule has 0 aliphatic rings. The number of aryl methyl sites for hydroxylation is 2. The average Bonchev–Trinajstić information content (AvgIpc) is 3.06. The Bertz CT molecular complexity index is 986. The number of aromatic nitrogens is 3. The number of hydrogen-bond acceptors (Lipinski definition) is 6. The summed E-state index contributed by atoms with van der Waals surface area (Å²) < 4.78 is 12.8. The van der Waals surface area contributed by atoms with Gasteiger partial charge in [-0.25, -0.2) is 0 Å². The number of ether oxygens (including phenoxy) is 2. The normalized spacial score (nSPS) is 10.6. The molecule has 0 saturated heterocycles. The van der Waals surface area contributed by atoms with Crippen LogP contribution in [-0.4, -0.2) is 33.5 Å². The Labute approximate surface area is 174 Å². The van der Waals surface area contributed by atoms with Crippen LogP contribution in [-0.2, 0) is 18.4 Å². The first-order valence-electron chi connectivity index (χ1n) is 9.11. The van der Waals surface area contributed by atoms with Crippen LogP contribution >= 0.6 is 11.8 Å². The lowest BCUT2D eigenvalue weighted by Gasteiger charge is -2.09. The molecule has 0 atom stereocenters. The van der Waals surface area contributed by atoms with E-state index < -0.39 is 0 Å². The van der Waals surface area contributed by atoms with E-state index in [1.165, 1.54) is 17.3 Å². The summed E-state index contributed by atoms with van der Waals surface area (Å²) in [4.78, 5) is 12.2. The zero-order valence-corrected chi connectivity index (χ0v) is 17.7. The van der Waals surface area contributed by atoms with Gasteiger partial charge in [-0.1, -0.05) is 29.5 Å². The number of nitrogens with zero attached hydrogens (tertiary/aromatic N) is 3. The predicted molar refractivity (Wildman–Crippen MR) is 114 cm³/mol. The number of rotatable bonds is 8. The first-order chi connectivity index (χ1) is 14.0. The molecule has 1 aromatic heterocycles. The lowest BCUT2D eigenvalue weighted by atomic mass is 10.1. The highest BCUT2D eigenvalue weighted by Gasteiger charge is 2.13. The average molecular weight is 413 g/mol. The second-order valence-corrected chi connectivity index (χ2v) is 7.52. The molecule has 1 amide bonds. The molecule has 2 aromatic carbocycles. The van der Waals surface area contributed by atoms with Gasteiger partial charge in [-0.15, -0.1) is 10.2 Å². The lowest BCUT2D eigenvalue weighted by molar-refractivity contribution is -0.113. The molecule has 3 rings (SSSR count). The van der Waals surface area contributed by atoms with E-state index in [1.807, 2.05) is 37.6 Å². The first kappa shape index (κ1) is 20.7. The Kier molecular flexibility index (Phi) is 6.77. The molecule has 152 valence electrons. The van der Waals surface area contributed by atoms with Crippen molar-refractivity contribution in [2.45, 2.75) is 25.6 Å². The molecule has 7 nitrogen and oxygen atoms in total. The summed E-state index contributed by atoms with van der Waals surface area (Å²) in [5.74, 6) is 2.38. The molecule has 0 aliphatic carbocycles. The van der Waals surface area contributed by atoms with Crippen molar-refractivity contribution in [2.75, 3.05) is 18.2 Å². The number of benzene rings is 2. The number of anilines is 1. The quantitative estimate of drug-likeness (QED) is 0.568. The van der Waals surface area contributed by atoms with E-state index in [-0.39, 0.29) is 11.7 Å². The van der Waals surface area contributed by atoms with Crippen LogP contribution in [0.1, 0.15) is 17.0 Å². The number of hydrogen-bond donors (Lipinski definition) is 1. The molecule has 3 aromatic rings. The van der Waals surface area contributed by atoms with Crippen molar-refractivity contribution < 1.29 is 14.3 Å². The zero-order chi connectivity index (χ0) is 20.8. The molecule has 1 N–H and O–H groups in total. The summed E-state index contributed by atoms with van der Waals surface area (Å²) >= 11 is 1.33. The Morgan fingerprint density at radius 3 is 2.59 bits per heavy atom. The summed E-state index contributed by atoms with van der Waals surface area (Å²) in [5, 5.41) is 11.9. The summed E-state index contributed by atoms with van der Waals surface area (Å²) in [5.41, 5.74) is 2.99. The number of carbonyl (C=O) groups is 1. The third-order valence-corrected chi connectivity index (χ3v) is 5.34. The van der Waals surface area contributed by atoms with Gasteiger partial charge in [-0.3, -0.25) is 4.79 Å². The van der Waals surface area contributed by atoms with E-state index >= 15 is 0 Å². The molecule has 0 unspecified atom stereocenters. The van der Waals surface area contributed by atoms with Crippen molar-refractivity contribution in [3.05, 3.63) is 59.4 Å². The van der Waals surface area contributed by atoms with Crippen LogP contribution in [0, 0.1) is 13.8 Å². The van der Waals surface area contributed by atoms with Gasteiger partial charge in [0.15, 0.2) is 11.0 Å². The monoisotopic (exact) mass is 412 g/mol. The van der Waals surface area contributed by atoms with Crippen LogP contribution in [0.3, 0.4) is 0 Å². The van der Waals surface area contributed by atoms with Gasteiger partial charge >= 0.3 is 0 Å². The molecule has 29 heavy (non-hydrogen) atoms. The second kappa shape index (κ2) is 9.47. The van der Waals surface area contributed by atoms with Gasteiger partial charge in [0.25, 0.3) is 0 Å². The predicted octanol–water partition coefficient (Wildman–Crippen LogP) is 3.75. The Morgan fingerprint density at radius 1 is 1.14 bits per heavy atom.